The molecule has 2 aromatic rings. The van der Waals surface area contributed by atoms with Gasteiger partial charge in [-0.3, -0.25) is 9.69 Å². The van der Waals surface area contributed by atoms with Crippen LogP contribution in [0.1, 0.15) is 26.3 Å². The van der Waals surface area contributed by atoms with Crippen molar-refractivity contribution in [3.05, 3.63) is 71.8 Å². The van der Waals surface area contributed by atoms with E-state index >= 15 is 0 Å². The lowest BCUT2D eigenvalue weighted by molar-refractivity contribution is -0.117. The van der Waals surface area contributed by atoms with E-state index in [9.17, 15) is 9.59 Å². The van der Waals surface area contributed by atoms with Crippen molar-refractivity contribution in [2.75, 3.05) is 24.1 Å². The first-order valence-corrected chi connectivity index (χ1v) is 10.2. The van der Waals surface area contributed by atoms with E-state index in [0.717, 1.165) is 5.56 Å². The van der Waals surface area contributed by atoms with Gasteiger partial charge in [-0.05, 0) is 50.6 Å². The van der Waals surface area contributed by atoms with Gasteiger partial charge in [0.2, 0.25) is 0 Å². The van der Waals surface area contributed by atoms with E-state index < -0.39 is 11.7 Å². The van der Waals surface area contributed by atoms with Crippen LogP contribution < -0.4 is 16.4 Å². The van der Waals surface area contributed by atoms with Gasteiger partial charge in [0.25, 0.3) is 0 Å². The fraction of sp³-hybridized carbons (Fsp3) is 0.304. The minimum atomic E-state index is -0.670. The molecule has 0 aliphatic carbocycles. The Balaban J connectivity index is 1.87. The van der Waals surface area contributed by atoms with Crippen LogP contribution in [-0.4, -0.2) is 45.4 Å². The Bertz CT molecular complexity index is 1040. The Morgan fingerprint density at radius 3 is 2.66 bits per heavy atom. The molecular weight excluding hydrogens is 408 g/mol. The number of ketones is 1. The van der Waals surface area contributed by atoms with Gasteiger partial charge in [-0.2, -0.15) is 0 Å². The number of carbonyl (C=O) groups is 2. The number of nitrogens with one attached hydrogen (secondary N) is 2. The van der Waals surface area contributed by atoms with Gasteiger partial charge in [0, 0.05) is 30.3 Å². The highest BCUT2D eigenvalue weighted by Gasteiger charge is 2.32. The molecule has 0 atom stereocenters. The molecule has 168 valence electrons. The molecule has 9 nitrogen and oxygen atoms in total. The number of ether oxygens (including phenoxy) is 1. The van der Waals surface area contributed by atoms with Gasteiger partial charge in [-0.1, -0.05) is 12.6 Å². The molecule has 0 unspecified atom stereocenters. The fourth-order valence-corrected chi connectivity index (χ4v) is 3.16. The summed E-state index contributed by atoms with van der Waals surface area (Å²) >= 11 is 0. The van der Waals surface area contributed by atoms with Crippen LogP contribution in [0.2, 0.25) is 0 Å². The Morgan fingerprint density at radius 1 is 1.22 bits per heavy atom. The quantitative estimate of drug-likeness (QED) is 0.632. The number of nitrogens with two attached hydrogens (primary N) is 1. The normalized spacial score (nSPS) is 14.2. The topological polar surface area (TPSA) is 122 Å². The smallest absolute Gasteiger partial charge is 0.411 e. The second-order valence-electron chi connectivity index (χ2n) is 8.37. The third kappa shape index (κ3) is 6.07. The van der Waals surface area contributed by atoms with E-state index in [1.807, 2.05) is 12.1 Å². The van der Waals surface area contributed by atoms with Crippen molar-refractivity contribution in [1.82, 2.24) is 20.2 Å². The van der Waals surface area contributed by atoms with Gasteiger partial charge in [0.1, 0.15) is 17.2 Å². The van der Waals surface area contributed by atoms with Crippen molar-refractivity contribution in [2.24, 2.45) is 0 Å². The monoisotopic (exact) mass is 436 g/mol. The molecule has 32 heavy (non-hydrogen) atoms. The van der Waals surface area contributed by atoms with E-state index in [1.165, 1.54) is 4.90 Å². The molecule has 0 bridgehead atoms. The first-order chi connectivity index (χ1) is 15.1. The molecule has 1 aliphatic rings. The van der Waals surface area contributed by atoms with Crippen LogP contribution >= 0.6 is 0 Å². The number of hydrogen-bond acceptors (Lipinski definition) is 8. The SMILES string of the molecule is C=C(Nc1ccccn1)C1=C(NCc2ccnc(N)c2)CN(C(=O)OC(C)(C)C)CC1=O. The number of anilines is 2. The average Bonchev–Trinajstić information content (AvgIpc) is 2.71. The Kier molecular flexibility index (Phi) is 6.77. The van der Waals surface area contributed by atoms with Crippen molar-refractivity contribution in [3.8, 4) is 0 Å². The summed E-state index contributed by atoms with van der Waals surface area (Å²) in [6, 6.07) is 8.96. The van der Waals surface area contributed by atoms with Gasteiger partial charge in [0.05, 0.1) is 18.7 Å². The summed E-state index contributed by atoms with van der Waals surface area (Å²) in [6.45, 7) is 9.82. The zero-order valence-electron chi connectivity index (χ0n) is 18.5. The molecule has 0 saturated carbocycles. The number of nitrogen functional groups attached to an aromatic ring is 1. The highest BCUT2D eigenvalue weighted by Crippen LogP contribution is 2.23. The van der Waals surface area contributed by atoms with E-state index in [0.29, 0.717) is 35.1 Å². The van der Waals surface area contributed by atoms with Crippen molar-refractivity contribution < 1.29 is 14.3 Å². The summed E-state index contributed by atoms with van der Waals surface area (Å²) in [7, 11) is 0. The maximum absolute atomic E-state index is 13.1. The zero-order valence-corrected chi connectivity index (χ0v) is 18.5. The summed E-state index contributed by atoms with van der Waals surface area (Å²) in [5.74, 6) is 0.704. The van der Waals surface area contributed by atoms with Crippen LogP contribution in [0, 0.1) is 0 Å². The number of aromatic nitrogens is 2. The number of hydrogen-bond donors (Lipinski definition) is 3. The highest BCUT2D eigenvalue weighted by atomic mass is 16.6. The Labute approximate surface area is 187 Å². The maximum atomic E-state index is 13.1. The first-order valence-electron chi connectivity index (χ1n) is 10.2. The summed E-state index contributed by atoms with van der Waals surface area (Å²) in [4.78, 5) is 35.3. The molecule has 1 aliphatic heterocycles. The van der Waals surface area contributed by atoms with Crippen LogP contribution in [0.15, 0.2) is 66.3 Å². The van der Waals surface area contributed by atoms with Crippen LogP contribution in [0.5, 0.6) is 0 Å². The summed E-state index contributed by atoms with van der Waals surface area (Å²) < 4.78 is 5.46. The molecular formula is C23H28N6O3. The number of rotatable bonds is 6. The third-order valence-electron chi connectivity index (χ3n) is 4.51. The van der Waals surface area contributed by atoms with Crippen LogP contribution in [0.25, 0.3) is 0 Å². The van der Waals surface area contributed by atoms with Gasteiger partial charge < -0.3 is 21.1 Å². The molecule has 0 saturated heterocycles. The molecule has 3 rings (SSSR count). The van der Waals surface area contributed by atoms with Crippen LogP contribution in [0.4, 0.5) is 16.4 Å². The van der Waals surface area contributed by atoms with E-state index in [2.05, 4.69) is 27.2 Å². The Morgan fingerprint density at radius 2 is 2.00 bits per heavy atom. The lowest BCUT2D eigenvalue weighted by atomic mass is 10.0. The van der Waals surface area contributed by atoms with E-state index in [1.54, 1.807) is 51.4 Å². The minimum Gasteiger partial charge on any atom is -0.444 e. The lowest BCUT2D eigenvalue weighted by Crippen LogP contribution is -2.47. The zero-order chi connectivity index (χ0) is 23.3. The summed E-state index contributed by atoms with van der Waals surface area (Å²) in [6.07, 6.45) is 2.70. The summed E-state index contributed by atoms with van der Waals surface area (Å²) in [5, 5.41) is 6.34. The molecule has 0 fully saturated rings. The van der Waals surface area contributed by atoms with Gasteiger partial charge >= 0.3 is 6.09 Å². The van der Waals surface area contributed by atoms with Gasteiger partial charge in [-0.25, -0.2) is 14.8 Å². The molecule has 1 amide bonds. The van der Waals surface area contributed by atoms with Crippen molar-refractivity contribution in [3.63, 3.8) is 0 Å². The maximum Gasteiger partial charge on any atom is 0.411 e. The predicted molar refractivity (Wildman–Crippen MR) is 122 cm³/mol. The van der Waals surface area contributed by atoms with Crippen molar-refractivity contribution >= 4 is 23.5 Å². The number of carbonyl (C=O) groups excluding carboxylic acids is 2. The second kappa shape index (κ2) is 9.51. The predicted octanol–water partition coefficient (Wildman–Crippen LogP) is 2.85. The third-order valence-corrected chi connectivity index (χ3v) is 4.51. The number of Topliss-reactive ketones (excluding diaryl/α,β-unsaturated/α-hetero) is 1. The number of pyridine rings is 2. The summed E-state index contributed by atoms with van der Waals surface area (Å²) in [5.41, 5.74) is 7.32. The largest absolute Gasteiger partial charge is 0.444 e. The van der Waals surface area contributed by atoms with E-state index in [4.69, 9.17) is 10.5 Å². The molecule has 2 aromatic heterocycles. The lowest BCUT2D eigenvalue weighted by Gasteiger charge is -2.32. The second-order valence-corrected chi connectivity index (χ2v) is 8.37. The van der Waals surface area contributed by atoms with Crippen molar-refractivity contribution in [1.29, 1.82) is 0 Å². The molecule has 3 heterocycles. The standard InChI is InChI=1S/C23H28N6O3/c1-15(28-20-7-5-6-9-26-20)21-17(27-12-16-8-10-25-19(24)11-16)13-29(14-18(21)30)22(31)32-23(2,3)4/h5-11,27H,1,12-14H2,2-4H3,(H2,24,25)(H,26,28). The van der Waals surface area contributed by atoms with Crippen LogP contribution in [0.3, 0.4) is 0 Å². The first kappa shape index (κ1) is 22.8. The van der Waals surface area contributed by atoms with E-state index in [-0.39, 0.29) is 18.9 Å². The molecule has 0 aromatic carbocycles. The molecule has 9 heteroatoms. The average molecular weight is 437 g/mol. The fourth-order valence-electron chi connectivity index (χ4n) is 3.16. The number of amides is 1. The molecule has 4 N–H and O–H groups in total. The van der Waals surface area contributed by atoms with Gasteiger partial charge in [-0.15, -0.1) is 0 Å². The Hall–Kier alpha value is -3.88. The minimum absolute atomic E-state index is 0.111. The van der Waals surface area contributed by atoms with Gasteiger partial charge in [0.15, 0.2) is 5.78 Å². The van der Waals surface area contributed by atoms with Crippen LogP contribution in [-0.2, 0) is 16.1 Å². The molecule has 0 radical (unpaired) electrons. The number of nitrogens with zero attached hydrogens (tertiary/aromatic N) is 3. The highest BCUT2D eigenvalue weighted by molar-refractivity contribution is 6.04. The molecule has 0 spiro atoms. The number of allylic oxidation sites excluding steroid dienone is 1. The van der Waals surface area contributed by atoms with Crippen molar-refractivity contribution in [2.45, 2.75) is 32.9 Å².